The molecular formula is C14H17FN4O. The molecule has 0 saturated heterocycles. The summed E-state index contributed by atoms with van der Waals surface area (Å²) in [6.07, 6.45) is 1.61. The number of carbonyl (C=O) groups excluding carboxylic acids is 1. The monoisotopic (exact) mass is 276 g/mol. The zero-order valence-electron chi connectivity index (χ0n) is 12.0. The maximum absolute atomic E-state index is 13.1. The minimum atomic E-state index is -0.263. The van der Waals surface area contributed by atoms with E-state index in [2.05, 4.69) is 10.3 Å². The van der Waals surface area contributed by atoms with Crippen LogP contribution in [-0.4, -0.2) is 39.9 Å². The van der Waals surface area contributed by atoms with Crippen LogP contribution in [0.1, 0.15) is 34.6 Å². The van der Waals surface area contributed by atoms with Crippen LogP contribution in [0.3, 0.4) is 0 Å². The van der Waals surface area contributed by atoms with Gasteiger partial charge in [-0.2, -0.15) is 0 Å². The Morgan fingerprint density at radius 1 is 1.40 bits per heavy atom. The predicted molar refractivity (Wildman–Crippen MR) is 73.0 cm³/mol. The summed E-state index contributed by atoms with van der Waals surface area (Å²) >= 11 is 0. The molecule has 2 aromatic rings. The zero-order chi connectivity index (χ0) is 14.9. The highest BCUT2D eigenvalue weighted by atomic mass is 19.1. The van der Waals surface area contributed by atoms with Gasteiger partial charge in [0, 0.05) is 14.1 Å². The van der Waals surface area contributed by atoms with Gasteiger partial charge >= 0.3 is 0 Å². The fourth-order valence-corrected chi connectivity index (χ4v) is 2.04. The van der Waals surface area contributed by atoms with Crippen molar-refractivity contribution in [2.75, 3.05) is 14.1 Å². The molecule has 0 saturated carbocycles. The van der Waals surface area contributed by atoms with Gasteiger partial charge in [-0.25, -0.2) is 9.07 Å². The van der Waals surface area contributed by atoms with Crippen LogP contribution in [0, 0.1) is 12.7 Å². The molecule has 1 heterocycles. The second-order valence-corrected chi connectivity index (χ2v) is 4.96. The minimum Gasteiger partial charge on any atom is -0.343 e. The summed E-state index contributed by atoms with van der Waals surface area (Å²) in [5, 5.41) is 7.86. The maximum atomic E-state index is 13.1. The molecule has 0 bridgehead atoms. The Bertz CT molecular complexity index is 636. The van der Waals surface area contributed by atoms with E-state index >= 15 is 0 Å². The SMILES string of the molecule is Cc1cc(F)ccc1[C@H](C)n1cc(C(=O)N(C)C)nn1. The largest absolute Gasteiger partial charge is 0.343 e. The van der Waals surface area contributed by atoms with Gasteiger partial charge in [0.1, 0.15) is 5.82 Å². The van der Waals surface area contributed by atoms with Gasteiger partial charge in [0.2, 0.25) is 0 Å². The number of benzene rings is 1. The van der Waals surface area contributed by atoms with Crippen LogP contribution < -0.4 is 0 Å². The summed E-state index contributed by atoms with van der Waals surface area (Å²) in [7, 11) is 3.32. The van der Waals surface area contributed by atoms with Crippen molar-refractivity contribution >= 4 is 5.91 Å². The highest BCUT2D eigenvalue weighted by molar-refractivity contribution is 5.91. The molecule has 1 amide bonds. The summed E-state index contributed by atoms with van der Waals surface area (Å²) in [5.74, 6) is -0.459. The molecule has 0 fully saturated rings. The first kappa shape index (κ1) is 14.2. The lowest BCUT2D eigenvalue weighted by molar-refractivity contribution is 0.0822. The fourth-order valence-electron chi connectivity index (χ4n) is 2.04. The summed E-state index contributed by atoms with van der Waals surface area (Å²) in [4.78, 5) is 13.2. The Labute approximate surface area is 117 Å². The first-order valence-corrected chi connectivity index (χ1v) is 6.29. The van der Waals surface area contributed by atoms with E-state index in [1.54, 1.807) is 31.0 Å². The molecule has 0 aliphatic carbocycles. The number of nitrogens with zero attached hydrogens (tertiary/aromatic N) is 4. The number of hydrogen-bond donors (Lipinski definition) is 0. The van der Waals surface area contributed by atoms with E-state index in [4.69, 9.17) is 0 Å². The Kier molecular flexibility index (Phi) is 3.83. The van der Waals surface area contributed by atoms with Gasteiger partial charge < -0.3 is 4.90 Å². The molecule has 20 heavy (non-hydrogen) atoms. The van der Waals surface area contributed by atoms with Crippen molar-refractivity contribution in [2.24, 2.45) is 0 Å². The van der Waals surface area contributed by atoms with Gasteiger partial charge in [-0.3, -0.25) is 4.79 Å². The topological polar surface area (TPSA) is 51.0 Å². The number of halogens is 1. The molecule has 106 valence electrons. The van der Waals surface area contributed by atoms with Crippen LogP contribution >= 0.6 is 0 Å². The molecule has 2 rings (SSSR count). The van der Waals surface area contributed by atoms with Crippen LogP contribution in [0.2, 0.25) is 0 Å². The van der Waals surface area contributed by atoms with Crippen LogP contribution in [0.25, 0.3) is 0 Å². The van der Waals surface area contributed by atoms with Crippen LogP contribution in [0.4, 0.5) is 4.39 Å². The number of rotatable bonds is 3. The van der Waals surface area contributed by atoms with E-state index in [1.165, 1.54) is 17.0 Å². The maximum Gasteiger partial charge on any atom is 0.275 e. The third kappa shape index (κ3) is 2.68. The number of carbonyl (C=O) groups is 1. The Morgan fingerprint density at radius 3 is 2.70 bits per heavy atom. The fraction of sp³-hybridized carbons (Fsp3) is 0.357. The van der Waals surface area contributed by atoms with E-state index in [0.717, 1.165) is 11.1 Å². The van der Waals surface area contributed by atoms with Crippen LogP contribution in [0.15, 0.2) is 24.4 Å². The van der Waals surface area contributed by atoms with Crippen molar-refractivity contribution in [3.8, 4) is 0 Å². The van der Waals surface area contributed by atoms with E-state index in [9.17, 15) is 9.18 Å². The smallest absolute Gasteiger partial charge is 0.275 e. The minimum absolute atomic E-state index is 0.119. The third-order valence-corrected chi connectivity index (χ3v) is 3.21. The summed E-state index contributed by atoms with van der Waals surface area (Å²) in [6.45, 7) is 3.77. The molecule has 0 spiro atoms. The van der Waals surface area contributed by atoms with Gasteiger partial charge in [0.05, 0.1) is 12.2 Å². The van der Waals surface area contributed by atoms with Gasteiger partial charge in [0.25, 0.3) is 5.91 Å². The number of amides is 1. The third-order valence-electron chi connectivity index (χ3n) is 3.21. The summed E-state index contributed by atoms with van der Waals surface area (Å²) < 4.78 is 14.7. The van der Waals surface area contributed by atoms with E-state index in [0.29, 0.717) is 5.69 Å². The van der Waals surface area contributed by atoms with Gasteiger partial charge in [-0.1, -0.05) is 11.3 Å². The standard InChI is InChI=1S/C14H17FN4O/c1-9-7-11(15)5-6-12(9)10(2)19-8-13(16-17-19)14(20)18(3)4/h5-8,10H,1-4H3/t10-/m0/s1. The number of aromatic nitrogens is 3. The molecule has 0 aliphatic heterocycles. The molecule has 0 N–H and O–H groups in total. The van der Waals surface area contributed by atoms with Crippen molar-refractivity contribution in [3.63, 3.8) is 0 Å². The number of aryl methyl sites for hydroxylation is 1. The average Bonchev–Trinajstić information content (AvgIpc) is 2.86. The molecule has 0 aliphatic rings. The first-order valence-electron chi connectivity index (χ1n) is 6.29. The van der Waals surface area contributed by atoms with Crippen LogP contribution in [0.5, 0.6) is 0 Å². The Morgan fingerprint density at radius 2 is 2.10 bits per heavy atom. The second-order valence-electron chi connectivity index (χ2n) is 4.96. The molecular weight excluding hydrogens is 259 g/mol. The summed E-state index contributed by atoms with van der Waals surface area (Å²) in [6, 6.07) is 4.51. The zero-order valence-corrected chi connectivity index (χ0v) is 12.0. The molecule has 1 aromatic carbocycles. The molecule has 5 nitrogen and oxygen atoms in total. The highest BCUT2D eigenvalue weighted by Gasteiger charge is 2.17. The Balaban J connectivity index is 2.30. The number of hydrogen-bond acceptors (Lipinski definition) is 3. The van der Waals surface area contributed by atoms with Crippen molar-refractivity contribution in [3.05, 3.63) is 47.0 Å². The van der Waals surface area contributed by atoms with E-state index in [1.807, 2.05) is 13.8 Å². The average molecular weight is 276 g/mol. The van der Waals surface area contributed by atoms with Gasteiger partial charge in [-0.15, -0.1) is 5.10 Å². The van der Waals surface area contributed by atoms with Crippen molar-refractivity contribution in [1.82, 2.24) is 19.9 Å². The summed E-state index contributed by atoms with van der Waals surface area (Å²) in [5.41, 5.74) is 2.08. The predicted octanol–water partition coefficient (Wildman–Crippen LogP) is 2.04. The molecule has 1 atom stereocenters. The second kappa shape index (κ2) is 5.40. The lowest BCUT2D eigenvalue weighted by atomic mass is 10.0. The van der Waals surface area contributed by atoms with Gasteiger partial charge in [0.15, 0.2) is 5.69 Å². The molecule has 0 unspecified atom stereocenters. The van der Waals surface area contributed by atoms with Crippen molar-refractivity contribution in [2.45, 2.75) is 19.9 Å². The quantitative estimate of drug-likeness (QED) is 0.862. The van der Waals surface area contributed by atoms with Crippen molar-refractivity contribution in [1.29, 1.82) is 0 Å². The Hall–Kier alpha value is -2.24. The van der Waals surface area contributed by atoms with Crippen molar-refractivity contribution < 1.29 is 9.18 Å². The van der Waals surface area contributed by atoms with Crippen LogP contribution in [-0.2, 0) is 0 Å². The molecule has 0 radical (unpaired) electrons. The molecule has 1 aromatic heterocycles. The van der Waals surface area contributed by atoms with E-state index < -0.39 is 0 Å². The lowest BCUT2D eigenvalue weighted by Gasteiger charge is -2.14. The van der Waals surface area contributed by atoms with E-state index in [-0.39, 0.29) is 17.8 Å². The molecule has 6 heteroatoms. The normalized spacial score (nSPS) is 12.2. The lowest BCUT2D eigenvalue weighted by Crippen LogP contribution is -2.22. The first-order chi connectivity index (χ1) is 9.40. The highest BCUT2D eigenvalue weighted by Crippen LogP contribution is 2.21. The van der Waals surface area contributed by atoms with Gasteiger partial charge in [-0.05, 0) is 37.1 Å².